The lowest BCUT2D eigenvalue weighted by Crippen LogP contribution is -2.33. The first-order valence-corrected chi connectivity index (χ1v) is 11.3. The monoisotopic (exact) mass is 445 g/mol. The lowest BCUT2D eigenvalue weighted by molar-refractivity contribution is 0.135. The molecule has 0 spiro atoms. The summed E-state index contributed by atoms with van der Waals surface area (Å²) in [7, 11) is 0. The summed E-state index contributed by atoms with van der Waals surface area (Å²) in [6.07, 6.45) is 0.697. The first-order valence-electron chi connectivity index (χ1n) is 11.3. The number of carbonyl (C=O) groups is 1. The number of ether oxygens (including phenoxy) is 1. The van der Waals surface area contributed by atoms with Gasteiger partial charge in [0.25, 0.3) is 0 Å². The molecule has 0 unspecified atom stereocenters. The Kier molecular flexibility index (Phi) is 8.53. The van der Waals surface area contributed by atoms with Crippen LogP contribution in [0.3, 0.4) is 0 Å². The number of benzene rings is 3. The zero-order valence-electron chi connectivity index (χ0n) is 19.2. The largest absolute Gasteiger partial charge is 0.508 e. The van der Waals surface area contributed by atoms with E-state index in [1.54, 1.807) is 12.1 Å². The number of rotatable bonds is 10. The first kappa shape index (κ1) is 23.9. The van der Waals surface area contributed by atoms with E-state index in [0.29, 0.717) is 25.4 Å². The van der Waals surface area contributed by atoms with Crippen LogP contribution in [0.4, 0.5) is 4.79 Å². The third-order valence-corrected chi connectivity index (χ3v) is 5.47. The summed E-state index contributed by atoms with van der Waals surface area (Å²) in [5.74, 6) is 0.932. The third kappa shape index (κ3) is 6.39. The van der Waals surface area contributed by atoms with Gasteiger partial charge >= 0.3 is 6.09 Å². The van der Waals surface area contributed by atoms with Crippen molar-refractivity contribution in [3.63, 3.8) is 0 Å². The number of aromatic hydroxyl groups is 1. The van der Waals surface area contributed by atoms with Crippen LogP contribution in [0.2, 0.25) is 0 Å². The Labute approximate surface area is 195 Å². The average molecular weight is 446 g/mol. The number of nitrogens with zero attached hydrogens (tertiary/aromatic N) is 1. The first-order chi connectivity index (χ1) is 16.0. The number of hydrogen-bond acceptors (Lipinski definition) is 3. The number of phenols is 1. The fraction of sp³-hybridized carbons (Fsp3) is 0.250. The van der Waals surface area contributed by atoms with Crippen molar-refractivity contribution in [2.75, 3.05) is 19.7 Å². The van der Waals surface area contributed by atoms with Crippen LogP contribution in [0.1, 0.15) is 43.4 Å². The van der Waals surface area contributed by atoms with Crippen LogP contribution in [-0.4, -0.2) is 40.9 Å². The van der Waals surface area contributed by atoms with Crippen molar-refractivity contribution in [2.45, 2.75) is 26.7 Å². The normalized spacial score (nSPS) is 11.6. The van der Waals surface area contributed by atoms with Gasteiger partial charge in [0, 0.05) is 6.54 Å². The van der Waals surface area contributed by atoms with Crippen molar-refractivity contribution in [2.24, 2.45) is 0 Å². The van der Waals surface area contributed by atoms with Crippen LogP contribution in [0, 0.1) is 0 Å². The van der Waals surface area contributed by atoms with E-state index in [1.807, 2.05) is 61.5 Å². The Bertz CT molecular complexity index is 1060. The molecule has 0 fully saturated rings. The molecule has 0 bridgehead atoms. The summed E-state index contributed by atoms with van der Waals surface area (Å²) in [4.78, 5) is 12.6. The molecule has 5 heteroatoms. The SMILES string of the molecule is CCCN(CCOc1ccc(C(=C(CC)c2ccccc2)c2ccc(O)cc2)cc1)C(=O)O. The summed E-state index contributed by atoms with van der Waals surface area (Å²) in [6, 6.07) is 25.5. The topological polar surface area (TPSA) is 70.0 Å². The van der Waals surface area contributed by atoms with Gasteiger partial charge in [-0.15, -0.1) is 0 Å². The molecule has 0 aliphatic carbocycles. The van der Waals surface area contributed by atoms with Crippen LogP contribution in [-0.2, 0) is 0 Å². The minimum Gasteiger partial charge on any atom is -0.508 e. The van der Waals surface area contributed by atoms with Crippen LogP contribution < -0.4 is 4.74 Å². The number of carboxylic acid groups (broad SMARTS) is 1. The summed E-state index contributed by atoms with van der Waals surface area (Å²) < 4.78 is 5.81. The highest BCUT2D eigenvalue weighted by Gasteiger charge is 2.14. The molecule has 0 saturated heterocycles. The molecule has 172 valence electrons. The fourth-order valence-corrected chi connectivity index (χ4v) is 3.87. The smallest absolute Gasteiger partial charge is 0.407 e. The molecule has 0 aliphatic rings. The predicted octanol–water partition coefficient (Wildman–Crippen LogP) is 6.53. The maximum atomic E-state index is 11.3. The minimum absolute atomic E-state index is 0.234. The van der Waals surface area contributed by atoms with Gasteiger partial charge in [-0.05, 0) is 64.9 Å². The van der Waals surface area contributed by atoms with Gasteiger partial charge in [0.05, 0.1) is 6.54 Å². The van der Waals surface area contributed by atoms with Crippen molar-refractivity contribution >= 4 is 17.2 Å². The van der Waals surface area contributed by atoms with E-state index in [2.05, 4.69) is 19.1 Å². The van der Waals surface area contributed by atoms with Crippen molar-refractivity contribution in [3.05, 3.63) is 95.6 Å². The molecule has 0 saturated carbocycles. The molecule has 1 amide bonds. The van der Waals surface area contributed by atoms with E-state index in [1.165, 1.54) is 10.5 Å². The molecule has 0 heterocycles. The van der Waals surface area contributed by atoms with Gasteiger partial charge in [-0.2, -0.15) is 0 Å². The number of phenolic OH excluding ortho intramolecular Hbond substituents is 1. The van der Waals surface area contributed by atoms with Gasteiger partial charge in [-0.25, -0.2) is 4.79 Å². The molecule has 0 radical (unpaired) electrons. The predicted molar refractivity (Wildman–Crippen MR) is 133 cm³/mol. The van der Waals surface area contributed by atoms with Crippen molar-refractivity contribution in [1.82, 2.24) is 4.90 Å². The van der Waals surface area contributed by atoms with Crippen LogP contribution >= 0.6 is 0 Å². The van der Waals surface area contributed by atoms with Gasteiger partial charge in [-0.3, -0.25) is 0 Å². The number of allylic oxidation sites excluding steroid dienone is 1. The molecule has 3 rings (SSSR count). The van der Waals surface area contributed by atoms with Gasteiger partial charge in [-0.1, -0.05) is 68.4 Å². The van der Waals surface area contributed by atoms with Crippen LogP contribution in [0.15, 0.2) is 78.9 Å². The summed E-state index contributed by atoms with van der Waals surface area (Å²) in [5, 5.41) is 19.0. The van der Waals surface area contributed by atoms with Crippen molar-refractivity contribution in [3.8, 4) is 11.5 Å². The van der Waals surface area contributed by atoms with E-state index in [-0.39, 0.29) is 5.75 Å². The highest BCUT2D eigenvalue weighted by Crippen LogP contribution is 2.35. The van der Waals surface area contributed by atoms with Crippen molar-refractivity contribution in [1.29, 1.82) is 0 Å². The summed E-state index contributed by atoms with van der Waals surface area (Å²) in [5.41, 5.74) is 5.56. The molecule has 3 aromatic carbocycles. The Morgan fingerprint density at radius 2 is 1.42 bits per heavy atom. The molecular weight excluding hydrogens is 414 g/mol. The zero-order valence-corrected chi connectivity index (χ0v) is 19.2. The Balaban J connectivity index is 1.88. The molecular formula is C28H31NO4. The molecule has 3 aromatic rings. The second kappa shape index (κ2) is 11.8. The van der Waals surface area contributed by atoms with Gasteiger partial charge in [0.2, 0.25) is 0 Å². The summed E-state index contributed by atoms with van der Waals surface area (Å²) in [6.45, 7) is 5.23. The molecule has 5 nitrogen and oxygen atoms in total. The number of hydrogen-bond donors (Lipinski definition) is 2. The van der Waals surface area contributed by atoms with Crippen LogP contribution in [0.5, 0.6) is 11.5 Å². The Hall–Kier alpha value is -3.73. The molecule has 0 atom stereocenters. The highest BCUT2D eigenvalue weighted by molar-refractivity contribution is 5.98. The van der Waals surface area contributed by atoms with E-state index in [4.69, 9.17) is 4.74 Å². The second-order valence-electron chi connectivity index (χ2n) is 7.76. The second-order valence-corrected chi connectivity index (χ2v) is 7.76. The lowest BCUT2D eigenvalue weighted by atomic mass is 9.88. The molecule has 0 aliphatic heterocycles. The summed E-state index contributed by atoms with van der Waals surface area (Å²) >= 11 is 0. The van der Waals surface area contributed by atoms with E-state index in [0.717, 1.165) is 35.1 Å². The zero-order chi connectivity index (χ0) is 23.6. The van der Waals surface area contributed by atoms with Gasteiger partial charge < -0.3 is 19.8 Å². The Morgan fingerprint density at radius 3 is 1.97 bits per heavy atom. The van der Waals surface area contributed by atoms with E-state index >= 15 is 0 Å². The lowest BCUT2D eigenvalue weighted by Gasteiger charge is -2.19. The number of amides is 1. The van der Waals surface area contributed by atoms with Gasteiger partial charge in [0.15, 0.2) is 0 Å². The minimum atomic E-state index is -0.924. The van der Waals surface area contributed by atoms with E-state index < -0.39 is 6.09 Å². The maximum Gasteiger partial charge on any atom is 0.407 e. The highest BCUT2D eigenvalue weighted by atomic mass is 16.5. The maximum absolute atomic E-state index is 11.3. The standard InChI is InChI=1S/C28H31NO4/c1-3-18-29(28(31)32)19-20-33-25-16-12-23(13-17-25)27(22-10-14-24(30)15-11-22)26(4-2)21-8-6-5-7-9-21/h5-17,30H,3-4,18-20H2,1-2H3,(H,31,32). The van der Waals surface area contributed by atoms with E-state index in [9.17, 15) is 15.0 Å². The van der Waals surface area contributed by atoms with Gasteiger partial charge in [0.1, 0.15) is 18.1 Å². The third-order valence-electron chi connectivity index (χ3n) is 5.47. The van der Waals surface area contributed by atoms with Crippen molar-refractivity contribution < 1.29 is 19.7 Å². The molecule has 2 N–H and O–H groups in total. The Morgan fingerprint density at radius 1 is 0.818 bits per heavy atom. The average Bonchev–Trinajstić information content (AvgIpc) is 2.84. The van der Waals surface area contributed by atoms with Crippen LogP contribution in [0.25, 0.3) is 11.1 Å². The molecule has 0 aromatic heterocycles. The quantitative estimate of drug-likeness (QED) is 0.348. The fourth-order valence-electron chi connectivity index (χ4n) is 3.87. The molecule has 33 heavy (non-hydrogen) atoms.